The largest absolute Gasteiger partial charge is 0.324 e. The van der Waals surface area contributed by atoms with Gasteiger partial charge in [0.25, 0.3) is 0 Å². The van der Waals surface area contributed by atoms with Crippen molar-refractivity contribution in [3.05, 3.63) is 48.0 Å². The molecule has 2 aromatic carbocycles. The van der Waals surface area contributed by atoms with Crippen LogP contribution >= 0.6 is 11.3 Å². The Balaban J connectivity index is 1.57. The molecule has 3 aromatic rings. The minimum atomic E-state index is -0.894. The van der Waals surface area contributed by atoms with Crippen molar-refractivity contribution in [3.8, 4) is 10.6 Å². The molecule has 7 heteroatoms. The minimum absolute atomic E-state index is 0.107. The Morgan fingerprint density at radius 2 is 2.08 bits per heavy atom. The molecule has 0 radical (unpaired) electrons. The van der Waals surface area contributed by atoms with Gasteiger partial charge in [-0.2, -0.15) is 0 Å². The fraction of sp³-hybridized carbons (Fsp3) is 0.263. The van der Waals surface area contributed by atoms with Crippen LogP contribution in [-0.2, 0) is 0 Å². The quantitative estimate of drug-likeness (QED) is 0.678. The fourth-order valence-corrected chi connectivity index (χ4v) is 4.02. The molecule has 1 aromatic heterocycles. The number of halogens is 2. The molecule has 1 saturated heterocycles. The number of anilines is 1. The first-order valence-electron chi connectivity index (χ1n) is 8.41. The van der Waals surface area contributed by atoms with Crippen molar-refractivity contribution in [2.45, 2.75) is 13.3 Å². The second kappa shape index (κ2) is 6.64. The number of nitrogens with zero attached hydrogens (tertiary/aromatic N) is 2. The van der Waals surface area contributed by atoms with Crippen molar-refractivity contribution < 1.29 is 13.6 Å². The van der Waals surface area contributed by atoms with Crippen molar-refractivity contribution in [2.75, 3.05) is 18.4 Å². The van der Waals surface area contributed by atoms with Crippen LogP contribution in [-0.4, -0.2) is 29.0 Å². The molecule has 1 unspecified atom stereocenters. The summed E-state index contributed by atoms with van der Waals surface area (Å²) in [6.07, 6.45) is 1.02. The second-order valence-electron chi connectivity index (χ2n) is 6.60. The van der Waals surface area contributed by atoms with Gasteiger partial charge in [0.2, 0.25) is 0 Å². The third-order valence-corrected chi connectivity index (χ3v) is 5.60. The summed E-state index contributed by atoms with van der Waals surface area (Å²) in [5.74, 6) is -1.24. The molecule has 4 rings (SSSR count). The molecule has 2 amide bonds. The van der Waals surface area contributed by atoms with Gasteiger partial charge in [-0.25, -0.2) is 18.6 Å². The third-order valence-electron chi connectivity index (χ3n) is 4.52. The van der Waals surface area contributed by atoms with Gasteiger partial charge in [0.05, 0.1) is 10.2 Å². The van der Waals surface area contributed by atoms with Crippen LogP contribution in [0.4, 0.5) is 19.3 Å². The highest BCUT2D eigenvalue weighted by atomic mass is 32.1. The van der Waals surface area contributed by atoms with E-state index in [4.69, 9.17) is 0 Å². The van der Waals surface area contributed by atoms with E-state index < -0.39 is 11.6 Å². The lowest BCUT2D eigenvalue weighted by molar-refractivity contribution is 0.221. The number of benzene rings is 2. The summed E-state index contributed by atoms with van der Waals surface area (Å²) in [4.78, 5) is 18.6. The molecule has 1 fully saturated rings. The van der Waals surface area contributed by atoms with E-state index in [9.17, 15) is 13.6 Å². The zero-order valence-corrected chi connectivity index (χ0v) is 14.9. The van der Waals surface area contributed by atoms with Crippen molar-refractivity contribution in [1.82, 2.24) is 9.88 Å². The Kier molecular flexibility index (Phi) is 4.32. The van der Waals surface area contributed by atoms with Crippen molar-refractivity contribution >= 4 is 33.3 Å². The average molecular weight is 373 g/mol. The van der Waals surface area contributed by atoms with Crippen molar-refractivity contribution in [3.63, 3.8) is 0 Å². The summed E-state index contributed by atoms with van der Waals surface area (Å²) in [5.41, 5.74) is 1.91. The van der Waals surface area contributed by atoms with E-state index in [0.717, 1.165) is 36.3 Å². The smallest absolute Gasteiger partial charge is 0.321 e. The number of thiazole rings is 1. The van der Waals surface area contributed by atoms with E-state index in [-0.39, 0.29) is 6.03 Å². The van der Waals surface area contributed by atoms with Crippen LogP contribution in [0.25, 0.3) is 20.8 Å². The number of hydrogen-bond donors (Lipinski definition) is 1. The average Bonchev–Trinajstić information content (AvgIpc) is 3.23. The van der Waals surface area contributed by atoms with Crippen LogP contribution in [0.5, 0.6) is 0 Å². The van der Waals surface area contributed by atoms with Gasteiger partial charge in [-0.3, -0.25) is 0 Å². The van der Waals surface area contributed by atoms with Gasteiger partial charge >= 0.3 is 6.03 Å². The summed E-state index contributed by atoms with van der Waals surface area (Å²) < 4.78 is 27.5. The summed E-state index contributed by atoms with van der Waals surface area (Å²) in [6.45, 7) is 3.67. The maximum absolute atomic E-state index is 13.5. The topological polar surface area (TPSA) is 45.2 Å². The number of rotatable bonds is 2. The number of nitrogens with one attached hydrogen (secondary N) is 1. The van der Waals surface area contributed by atoms with Crippen molar-refractivity contribution in [2.24, 2.45) is 5.92 Å². The highest BCUT2D eigenvalue weighted by Crippen LogP contribution is 2.32. The lowest BCUT2D eigenvalue weighted by Gasteiger charge is -2.16. The number of aromatic nitrogens is 1. The molecule has 2 heterocycles. The van der Waals surface area contributed by atoms with E-state index >= 15 is 0 Å². The van der Waals surface area contributed by atoms with Crippen LogP contribution < -0.4 is 5.32 Å². The van der Waals surface area contributed by atoms with E-state index in [2.05, 4.69) is 17.2 Å². The third kappa shape index (κ3) is 3.26. The lowest BCUT2D eigenvalue weighted by atomic mass is 10.2. The van der Waals surface area contributed by atoms with Crippen LogP contribution in [0.2, 0.25) is 0 Å². The monoisotopic (exact) mass is 373 g/mol. The molecule has 134 valence electrons. The molecule has 1 atom stereocenters. The Morgan fingerprint density at radius 1 is 1.23 bits per heavy atom. The van der Waals surface area contributed by atoms with Crippen LogP contribution in [0.3, 0.4) is 0 Å². The number of fused-ring (bicyclic) bond motifs is 1. The van der Waals surface area contributed by atoms with Crippen molar-refractivity contribution in [1.29, 1.82) is 0 Å². The Labute approximate surface area is 153 Å². The van der Waals surface area contributed by atoms with E-state index in [0.29, 0.717) is 27.7 Å². The number of urea groups is 1. The molecule has 26 heavy (non-hydrogen) atoms. The van der Waals surface area contributed by atoms with Gasteiger partial charge < -0.3 is 10.2 Å². The molecular weight excluding hydrogens is 356 g/mol. The number of hydrogen-bond acceptors (Lipinski definition) is 3. The Bertz CT molecular complexity index is 988. The highest BCUT2D eigenvalue weighted by Gasteiger charge is 2.23. The molecule has 4 nitrogen and oxygen atoms in total. The van der Waals surface area contributed by atoms with Crippen LogP contribution in [0, 0.1) is 17.6 Å². The van der Waals surface area contributed by atoms with E-state index in [1.807, 2.05) is 17.0 Å². The summed E-state index contributed by atoms with van der Waals surface area (Å²) in [6, 6.07) is 9.14. The highest BCUT2D eigenvalue weighted by molar-refractivity contribution is 7.21. The Hall–Kier alpha value is -2.54. The number of likely N-dealkylation sites (tertiary alicyclic amines) is 1. The first-order valence-corrected chi connectivity index (χ1v) is 9.23. The molecule has 1 N–H and O–H groups in total. The fourth-order valence-electron chi connectivity index (χ4n) is 3.08. The molecule has 0 bridgehead atoms. The second-order valence-corrected chi connectivity index (χ2v) is 7.63. The first-order chi connectivity index (χ1) is 12.5. The summed E-state index contributed by atoms with van der Waals surface area (Å²) in [5, 5.41) is 3.51. The zero-order valence-electron chi connectivity index (χ0n) is 14.1. The van der Waals surface area contributed by atoms with E-state index in [1.54, 1.807) is 6.07 Å². The minimum Gasteiger partial charge on any atom is -0.324 e. The number of amides is 2. The molecular formula is C19H17F2N3OS. The normalized spacial score (nSPS) is 17.0. The van der Waals surface area contributed by atoms with Gasteiger partial charge in [-0.1, -0.05) is 6.92 Å². The maximum Gasteiger partial charge on any atom is 0.321 e. The first kappa shape index (κ1) is 16.9. The molecule has 1 aliphatic heterocycles. The van der Waals surface area contributed by atoms with E-state index in [1.165, 1.54) is 17.4 Å². The summed E-state index contributed by atoms with van der Waals surface area (Å²) >= 11 is 1.39. The van der Waals surface area contributed by atoms with Crippen LogP contribution in [0.1, 0.15) is 13.3 Å². The van der Waals surface area contributed by atoms with Gasteiger partial charge in [0.15, 0.2) is 11.6 Å². The Morgan fingerprint density at radius 3 is 2.81 bits per heavy atom. The standard InChI is InChI=1S/C19H17F2N3OS/c1-11-6-7-24(10-11)19(25)22-13-3-5-17-16(9-13)23-18(26-17)12-2-4-14(20)15(21)8-12/h2-5,8-9,11H,6-7,10H2,1H3,(H,22,25). The SMILES string of the molecule is CC1CCN(C(=O)Nc2ccc3sc(-c4ccc(F)c(F)c4)nc3c2)C1. The summed E-state index contributed by atoms with van der Waals surface area (Å²) in [7, 11) is 0. The maximum atomic E-state index is 13.5. The molecule has 1 aliphatic rings. The molecule has 0 aliphatic carbocycles. The predicted octanol–water partition coefficient (Wildman–Crippen LogP) is 5.12. The van der Waals surface area contributed by atoms with Gasteiger partial charge in [-0.05, 0) is 48.7 Å². The van der Waals surface area contributed by atoms with Gasteiger partial charge in [0, 0.05) is 24.3 Å². The lowest BCUT2D eigenvalue weighted by Crippen LogP contribution is -2.32. The van der Waals surface area contributed by atoms with Gasteiger partial charge in [0.1, 0.15) is 5.01 Å². The predicted molar refractivity (Wildman–Crippen MR) is 99.3 cm³/mol. The number of carbonyl (C=O) groups excluding carboxylic acids is 1. The molecule has 0 spiro atoms. The molecule has 0 saturated carbocycles. The number of carbonyl (C=O) groups is 1. The zero-order chi connectivity index (χ0) is 18.3. The van der Waals surface area contributed by atoms with Gasteiger partial charge in [-0.15, -0.1) is 11.3 Å². The van der Waals surface area contributed by atoms with Crippen LogP contribution in [0.15, 0.2) is 36.4 Å².